The molecule has 4 nitrogen and oxygen atoms in total. The molecule has 0 atom stereocenters. The second-order valence-electron chi connectivity index (χ2n) is 6.73. The Hall–Kier alpha value is -3.37. The van der Waals surface area contributed by atoms with Crippen molar-refractivity contribution in [3.05, 3.63) is 87.7 Å². The van der Waals surface area contributed by atoms with Gasteiger partial charge in [0, 0.05) is 29.1 Å². The number of anilines is 2. The van der Waals surface area contributed by atoms with E-state index in [1.165, 1.54) is 18.2 Å². The van der Waals surface area contributed by atoms with E-state index >= 15 is 0 Å². The van der Waals surface area contributed by atoms with Crippen LogP contribution >= 0.6 is 11.6 Å². The molecule has 8 heteroatoms. The van der Waals surface area contributed by atoms with E-state index in [0.29, 0.717) is 16.1 Å². The summed E-state index contributed by atoms with van der Waals surface area (Å²) in [6.45, 7) is 0. The van der Waals surface area contributed by atoms with Gasteiger partial charge in [0.2, 0.25) is 0 Å². The van der Waals surface area contributed by atoms with Crippen LogP contribution in [0.25, 0.3) is 0 Å². The van der Waals surface area contributed by atoms with Gasteiger partial charge in [0.1, 0.15) is 23.3 Å². The largest absolute Gasteiger partial charge is 0.507 e. The molecule has 0 spiro atoms. The predicted molar refractivity (Wildman–Crippen MR) is 103 cm³/mol. The van der Waals surface area contributed by atoms with E-state index in [-0.39, 0.29) is 29.1 Å². The van der Waals surface area contributed by atoms with Gasteiger partial charge in [-0.05, 0) is 35.9 Å². The molecule has 0 radical (unpaired) electrons. The van der Waals surface area contributed by atoms with Crippen molar-refractivity contribution in [3.8, 4) is 11.8 Å². The van der Waals surface area contributed by atoms with Crippen molar-refractivity contribution < 1.29 is 18.3 Å². The Balaban J connectivity index is 1.83. The third-order valence-corrected chi connectivity index (χ3v) is 5.03. The summed E-state index contributed by atoms with van der Waals surface area (Å²) in [5, 5.41) is 25.9. The molecule has 0 saturated heterocycles. The van der Waals surface area contributed by atoms with Gasteiger partial charge in [-0.2, -0.15) is 5.26 Å². The second kappa shape index (κ2) is 6.90. The molecule has 1 aliphatic rings. The van der Waals surface area contributed by atoms with E-state index in [1.807, 2.05) is 0 Å². The Morgan fingerprint density at radius 3 is 2.14 bits per heavy atom. The number of halogens is 4. The van der Waals surface area contributed by atoms with Crippen molar-refractivity contribution in [2.24, 2.45) is 0 Å². The summed E-state index contributed by atoms with van der Waals surface area (Å²) in [6, 6.07) is 12.4. The van der Waals surface area contributed by atoms with Crippen LogP contribution in [0, 0.1) is 28.8 Å². The summed E-state index contributed by atoms with van der Waals surface area (Å²) in [5.74, 6) is -2.90. The monoisotopic (exact) mass is 415 g/mol. The summed E-state index contributed by atoms with van der Waals surface area (Å²) >= 11 is 5.93. The Morgan fingerprint density at radius 1 is 0.931 bits per heavy atom. The molecule has 0 aromatic heterocycles. The fourth-order valence-corrected chi connectivity index (χ4v) is 3.66. The van der Waals surface area contributed by atoms with E-state index in [0.717, 1.165) is 12.1 Å². The molecule has 3 aromatic carbocycles. The van der Waals surface area contributed by atoms with Crippen molar-refractivity contribution in [2.45, 2.75) is 12.1 Å². The fraction of sp³-hybridized carbons (Fsp3) is 0.0952. The first-order chi connectivity index (χ1) is 13.8. The van der Waals surface area contributed by atoms with E-state index in [9.17, 15) is 18.3 Å². The van der Waals surface area contributed by atoms with E-state index in [1.54, 1.807) is 24.3 Å². The molecule has 4 rings (SSSR count). The molecule has 1 heterocycles. The summed E-state index contributed by atoms with van der Waals surface area (Å²) in [7, 11) is 0. The minimum Gasteiger partial charge on any atom is -0.507 e. The zero-order chi connectivity index (χ0) is 20.8. The molecular formula is C21H13ClF3N3O. The number of phenols is 1. The molecule has 3 aromatic rings. The van der Waals surface area contributed by atoms with Gasteiger partial charge in [-0.25, -0.2) is 13.2 Å². The van der Waals surface area contributed by atoms with Gasteiger partial charge in [0.05, 0.1) is 16.9 Å². The lowest BCUT2D eigenvalue weighted by Gasteiger charge is -2.32. The molecular weight excluding hydrogens is 403 g/mol. The van der Waals surface area contributed by atoms with Crippen LogP contribution in [0.5, 0.6) is 5.75 Å². The first-order valence-electron chi connectivity index (χ1n) is 8.54. The van der Waals surface area contributed by atoms with Crippen molar-refractivity contribution in [1.82, 2.24) is 0 Å². The maximum atomic E-state index is 14.1. The Kier molecular flexibility index (Phi) is 4.52. The third kappa shape index (κ3) is 3.32. The molecule has 1 aliphatic heterocycles. The lowest BCUT2D eigenvalue weighted by Crippen LogP contribution is -2.41. The van der Waals surface area contributed by atoms with Crippen LogP contribution in [0.4, 0.5) is 24.5 Å². The predicted octanol–water partition coefficient (Wildman–Crippen LogP) is 5.27. The van der Waals surface area contributed by atoms with Crippen LogP contribution in [0.3, 0.4) is 0 Å². The van der Waals surface area contributed by atoms with Crippen LogP contribution in [-0.4, -0.2) is 5.11 Å². The molecule has 0 fully saturated rings. The fourth-order valence-electron chi connectivity index (χ4n) is 3.49. The zero-order valence-corrected chi connectivity index (χ0v) is 15.5. The van der Waals surface area contributed by atoms with E-state index < -0.39 is 23.1 Å². The van der Waals surface area contributed by atoms with Gasteiger partial charge in [0.25, 0.3) is 0 Å². The summed E-state index contributed by atoms with van der Waals surface area (Å²) in [5.41, 5.74) is 0.0719. The highest BCUT2D eigenvalue weighted by Crippen LogP contribution is 2.45. The third-order valence-electron chi connectivity index (χ3n) is 4.80. The highest BCUT2D eigenvalue weighted by molar-refractivity contribution is 6.30. The number of hydrogen-bond acceptors (Lipinski definition) is 4. The van der Waals surface area contributed by atoms with E-state index in [2.05, 4.69) is 10.6 Å². The van der Waals surface area contributed by atoms with Gasteiger partial charge < -0.3 is 15.7 Å². The first kappa shape index (κ1) is 19.0. The lowest BCUT2D eigenvalue weighted by atomic mass is 9.91. The van der Waals surface area contributed by atoms with Gasteiger partial charge in [-0.3, -0.25) is 0 Å². The maximum absolute atomic E-state index is 14.1. The topological polar surface area (TPSA) is 68.1 Å². The summed E-state index contributed by atoms with van der Waals surface area (Å²) in [6.07, 6.45) is 0.0861. The van der Waals surface area contributed by atoms with Gasteiger partial charge in [-0.15, -0.1) is 0 Å². The highest BCUT2D eigenvalue weighted by Gasteiger charge is 2.41. The molecule has 0 unspecified atom stereocenters. The second-order valence-corrected chi connectivity index (χ2v) is 7.17. The molecule has 146 valence electrons. The van der Waals surface area contributed by atoms with Gasteiger partial charge >= 0.3 is 0 Å². The van der Waals surface area contributed by atoms with Crippen LogP contribution in [0.15, 0.2) is 48.5 Å². The van der Waals surface area contributed by atoms with Crippen molar-refractivity contribution >= 4 is 23.0 Å². The molecule has 3 N–H and O–H groups in total. The number of rotatable bonds is 3. The Morgan fingerprint density at radius 2 is 1.59 bits per heavy atom. The van der Waals surface area contributed by atoms with E-state index in [4.69, 9.17) is 16.9 Å². The highest BCUT2D eigenvalue weighted by atomic mass is 35.5. The number of nitriles is 1. The van der Waals surface area contributed by atoms with Crippen molar-refractivity contribution in [2.75, 3.05) is 10.6 Å². The van der Waals surface area contributed by atoms with Gasteiger partial charge in [-0.1, -0.05) is 17.7 Å². The van der Waals surface area contributed by atoms with Crippen LogP contribution in [0.2, 0.25) is 5.02 Å². The van der Waals surface area contributed by atoms with Crippen molar-refractivity contribution in [3.63, 3.8) is 0 Å². The average Bonchev–Trinajstić information content (AvgIpc) is 2.99. The number of aromatic hydroxyl groups is 1. The first-order valence-corrected chi connectivity index (χ1v) is 8.92. The minimum absolute atomic E-state index is 0.0861. The Labute approximate surface area is 169 Å². The molecule has 29 heavy (non-hydrogen) atoms. The summed E-state index contributed by atoms with van der Waals surface area (Å²) < 4.78 is 41.6. The lowest BCUT2D eigenvalue weighted by molar-refractivity contribution is 0.445. The molecule has 0 bridgehead atoms. The SMILES string of the molecule is N#Cc1ccc(CC2(c3ccc(Cl)cc3O)Nc3cc(F)c(F)cc3N2)cc1F. The number of hydrogen-bond donors (Lipinski definition) is 3. The van der Waals surface area contributed by atoms with Crippen LogP contribution in [-0.2, 0) is 12.1 Å². The number of nitrogens with zero attached hydrogens (tertiary/aromatic N) is 1. The molecule has 0 amide bonds. The quantitative estimate of drug-likeness (QED) is 0.545. The smallest absolute Gasteiger partial charge is 0.161 e. The number of benzene rings is 3. The Bertz CT molecular complexity index is 1150. The zero-order valence-electron chi connectivity index (χ0n) is 14.7. The van der Waals surface area contributed by atoms with Gasteiger partial charge in [0.15, 0.2) is 11.6 Å². The number of fused-ring (bicyclic) bond motifs is 1. The molecule has 0 saturated carbocycles. The van der Waals surface area contributed by atoms with Crippen LogP contribution < -0.4 is 10.6 Å². The minimum atomic E-state index is -1.24. The summed E-state index contributed by atoms with van der Waals surface area (Å²) in [4.78, 5) is 0. The number of nitrogens with one attached hydrogen (secondary N) is 2. The average molecular weight is 416 g/mol. The maximum Gasteiger partial charge on any atom is 0.161 e. The number of phenolic OH excluding ortho intramolecular Hbond substituents is 1. The normalized spacial score (nSPS) is 13.9. The molecule has 0 aliphatic carbocycles. The van der Waals surface area contributed by atoms with Crippen molar-refractivity contribution in [1.29, 1.82) is 5.26 Å². The standard InChI is InChI=1S/C21H13ClF3N3O/c22-13-3-4-14(20(29)6-13)21(9-11-1-2-12(10-26)15(23)5-11)27-18-7-16(24)17(25)8-19(18)28-21/h1-8,27-29H,9H2. The van der Waals surface area contributed by atoms with Crippen LogP contribution in [0.1, 0.15) is 16.7 Å².